The van der Waals surface area contributed by atoms with Crippen LogP contribution in [0, 0.1) is 11.8 Å². The van der Waals surface area contributed by atoms with E-state index in [-0.39, 0.29) is 18.6 Å². The van der Waals surface area contributed by atoms with Gasteiger partial charge in [-0.15, -0.1) is 0 Å². The third-order valence-electron chi connectivity index (χ3n) is 3.06. The van der Waals surface area contributed by atoms with E-state index in [1.807, 2.05) is 6.92 Å². The summed E-state index contributed by atoms with van der Waals surface area (Å²) in [7, 11) is 0. The highest BCUT2D eigenvalue weighted by atomic mass is 16.5. The molecular weight excluding hydrogens is 264 g/mol. The summed E-state index contributed by atoms with van der Waals surface area (Å²) in [6.07, 6.45) is -0.241. The van der Waals surface area contributed by atoms with E-state index < -0.39 is 29.7 Å². The number of aromatic amines is 1. The first-order chi connectivity index (χ1) is 9.56. The van der Waals surface area contributed by atoms with Gasteiger partial charge in [0.05, 0.1) is 12.7 Å². The zero-order valence-electron chi connectivity index (χ0n) is 11.0. The third kappa shape index (κ3) is 2.82. The molecule has 7 nitrogen and oxygen atoms in total. The Balaban J connectivity index is 2.38. The Morgan fingerprint density at radius 2 is 2.30 bits per heavy atom. The smallest absolute Gasteiger partial charge is 0.330 e. The van der Waals surface area contributed by atoms with E-state index in [4.69, 9.17) is 9.84 Å². The van der Waals surface area contributed by atoms with Gasteiger partial charge in [-0.3, -0.25) is 14.3 Å². The predicted octanol–water partition coefficient (Wildman–Crippen LogP) is -1.06. The van der Waals surface area contributed by atoms with Crippen LogP contribution < -0.4 is 11.2 Å². The lowest BCUT2D eigenvalue weighted by Gasteiger charge is -2.14. The monoisotopic (exact) mass is 280 g/mol. The molecule has 0 aromatic carbocycles. The number of H-pyrrole nitrogens is 1. The van der Waals surface area contributed by atoms with E-state index in [1.165, 1.54) is 10.8 Å². The number of rotatable bonds is 2. The van der Waals surface area contributed by atoms with Crippen LogP contribution in [0.3, 0.4) is 0 Å². The lowest BCUT2D eigenvalue weighted by molar-refractivity contribution is -0.0459. The molecule has 20 heavy (non-hydrogen) atoms. The second-order valence-corrected chi connectivity index (χ2v) is 4.48. The molecule has 2 rings (SSSR count). The number of ether oxygens (including phenoxy) is 1. The molecule has 7 heteroatoms. The van der Waals surface area contributed by atoms with Crippen molar-refractivity contribution < 1.29 is 14.9 Å². The van der Waals surface area contributed by atoms with Crippen molar-refractivity contribution >= 4 is 0 Å². The Kier molecular flexibility index (Phi) is 4.39. The molecule has 1 aliphatic heterocycles. The molecule has 1 fully saturated rings. The lowest BCUT2D eigenvalue weighted by atomic mass is 10.2. The molecule has 108 valence electrons. The van der Waals surface area contributed by atoms with E-state index in [0.717, 1.165) is 0 Å². The van der Waals surface area contributed by atoms with Gasteiger partial charge in [-0.05, 0) is 0 Å². The fraction of sp³-hybridized carbons (Fsp3) is 0.538. The van der Waals surface area contributed by atoms with Crippen molar-refractivity contribution in [2.24, 2.45) is 0 Å². The van der Waals surface area contributed by atoms with Gasteiger partial charge in [0, 0.05) is 19.0 Å². The van der Waals surface area contributed by atoms with Gasteiger partial charge < -0.3 is 14.9 Å². The minimum Gasteiger partial charge on any atom is -0.394 e. The third-order valence-corrected chi connectivity index (χ3v) is 3.06. The summed E-state index contributed by atoms with van der Waals surface area (Å²) in [5.74, 6) is 5.42. The fourth-order valence-electron chi connectivity index (χ4n) is 2.02. The number of hydrogen-bond donors (Lipinski definition) is 3. The Bertz CT molecular complexity index is 651. The molecule has 0 bridgehead atoms. The van der Waals surface area contributed by atoms with Crippen LogP contribution in [0.2, 0.25) is 0 Å². The predicted molar refractivity (Wildman–Crippen MR) is 70.1 cm³/mol. The number of nitrogens with zero attached hydrogens (tertiary/aromatic N) is 1. The first-order valence-corrected chi connectivity index (χ1v) is 6.35. The van der Waals surface area contributed by atoms with Crippen LogP contribution in [0.5, 0.6) is 0 Å². The quantitative estimate of drug-likeness (QED) is 0.599. The Labute approximate surface area is 114 Å². The van der Waals surface area contributed by atoms with E-state index in [9.17, 15) is 14.7 Å². The van der Waals surface area contributed by atoms with Crippen molar-refractivity contribution in [3.8, 4) is 11.8 Å². The second kappa shape index (κ2) is 6.05. The second-order valence-electron chi connectivity index (χ2n) is 4.48. The summed E-state index contributed by atoms with van der Waals surface area (Å²) in [4.78, 5) is 25.6. The van der Waals surface area contributed by atoms with Gasteiger partial charge in [-0.25, -0.2) is 4.79 Å². The Morgan fingerprint density at radius 1 is 1.55 bits per heavy atom. The van der Waals surface area contributed by atoms with Gasteiger partial charge >= 0.3 is 5.69 Å². The molecule has 0 spiro atoms. The van der Waals surface area contributed by atoms with Crippen LogP contribution in [-0.2, 0) is 4.74 Å². The average Bonchev–Trinajstić information content (AvgIpc) is 2.79. The minimum absolute atomic E-state index is 0.164. The number of hydrogen-bond acceptors (Lipinski definition) is 5. The van der Waals surface area contributed by atoms with E-state index in [2.05, 4.69) is 16.8 Å². The maximum Gasteiger partial charge on any atom is 0.330 e. The van der Waals surface area contributed by atoms with Gasteiger partial charge in [0.1, 0.15) is 17.9 Å². The average molecular weight is 280 g/mol. The van der Waals surface area contributed by atoms with Crippen molar-refractivity contribution in [1.82, 2.24) is 9.55 Å². The van der Waals surface area contributed by atoms with Crippen molar-refractivity contribution in [3.63, 3.8) is 0 Å². The van der Waals surface area contributed by atoms with Crippen molar-refractivity contribution in [1.29, 1.82) is 0 Å². The van der Waals surface area contributed by atoms with Crippen LogP contribution >= 0.6 is 0 Å². The molecule has 1 aromatic rings. The summed E-state index contributed by atoms with van der Waals surface area (Å²) in [5, 5.41) is 18.7. The van der Waals surface area contributed by atoms with Crippen molar-refractivity contribution in [2.45, 2.75) is 38.2 Å². The number of aliphatic hydroxyl groups excluding tert-OH is 2. The Hall–Kier alpha value is -1.88. The molecule has 1 aromatic heterocycles. The first-order valence-electron chi connectivity index (χ1n) is 6.35. The van der Waals surface area contributed by atoms with Crippen LogP contribution in [0.25, 0.3) is 0 Å². The van der Waals surface area contributed by atoms with Gasteiger partial charge in [0.25, 0.3) is 5.56 Å². The van der Waals surface area contributed by atoms with Gasteiger partial charge in [-0.2, -0.15) is 0 Å². The highest BCUT2D eigenvalue weighted by Crippen LogP contribution is 2.27. The van der Waals surface area contributed by atoms with Crippen LogP contribution in [0.4, 0.5) is 0 Å². The van der Waals surface area contributed by atoms with Gasteiger partial charge in [0.15, 0.2) is 0 Å². The molecule has 0 saturated carbocycles. The molecule has 0 amide bonds. The SMILES string of the molecule is CCC#Cc1cn([C@H]2CC(O)[C@@H](CO)O2)c(=O)[nH]c1=O. The minimum atomic E-state index is -0.853. The summed E-state index contributed by atoms with van der Waals surface area (Å²) in [6, 6.07) is 0. The molecule has 1 unspecified atom stereocenters. The molecule has 2 heterocycles. The van der Waals surface area contributed by atoms with Gasteiger partial charge in [-0.1, -0.05) is 18.8 Å². The summed E-state index contributed by atoms with van der Waals surface area (Å²) >= 11 is 0. The fourth-order valence-corrected chi connectivity index (χ4v) is 2.02. The number of nitrogens with one attached hydrogen (secondary N) is 1. The van der Waals surface area contributed by atoms with Crippen LogP contribution in [0.1, 0.15) is 31.6 Å². The van der Waals surface area contributed by atoms with Crippen LogP contribution in [0.15, 0.2) is 15.8 Å². The molecule has 0 aliphatic carbocycles. The lowest BCUT2D eigenvalue weighted by Crippen LogP contribution is -2.33. The highest BCUT2D eigenvalue weighted by Gasteiger charge is 2.35. The summed E-state index contributed by atoms with van der Waals surface area (Å²) < 4.78 is 6.56. The standard InChI is InChI=1S/C13H16N2O5/c1-2-3-4-8-6-15(13(19)14-12(8)18)11-5-9(17)10(7-16)20-11/h6,9-11,16-17H,2,5,7H2,1H3,(H,14,18,19)/t9?,10-,11-/m1/s1. The molecule has 0 radical (unpaired) electrons. The molecule has 1 aliphatic rings. The van der Waals surface area contributed by atoms with E-state index in [0.29, 0.717) is 6.42 Å². The normalized spacial score (nSPS) is 25.2. The number of aromatic nitrogens is 2. The molecule has 3 atom stereocenters. The van der Waals surface area contributed by atoms with Crippen molar-refractivity contribution in [3.05, 3.63) is 32.6 Å². The topological polar surface area (TPSA) is 105 Å². The van der Waals surface area contributed by atoms with E-state index in [1.54, 1.807) is 0 Å². The van der Waals surface area contributed by atoms with E-state index >= 15 is 0 Å². The molecule has 3 N–H and O–H groups in total. The van der Waals surface area contributed by atoms with Crippen LogP contribution in [-0.4, -0.2) is 38.6 Å². The highest BCUT2D eigenvalue weighted by molar-refractivity contribution is 5.29. The summed E-state index contributed by atoms with van der Waals surface area (Å²) in [6.45, 7) is 1.51. The maximum absolute atomic E-state index is 11.8. The largest absolute Gasteiger partial charge is 0.394 e. The molecule has 1 saturated heterocycles. The zero-order chi connectivity index (χ0) is 14.7. The zero-order valence-corrected chi connectivity index (χ0v) is 11.0. The Morgan fingerprint density at radius 3 is 2.90 bits per heavy atom. The first kappa shape index (κ1) is 14.5. The van der Waals surface area contributed by atoms with Crippen molar-refractivity contribution in [2.75, 3.05) is 6.61 Å². The van der Waals surface area contributed by atoms with Gasteiger partial charge in [0.2, 0.25) is 0 Å². The molecular formula is C13H16N2O5. The number of aliphatic hydroxyl groups is 2. The maximum atomic E-state index is 11.8. The summed E-state index contributed by atoms with van der Waals surface area (Å²) in [5.41, 5.74) is -1.02.